The molecule has 0 aliphatic carbocycles. The summed E-state index contributed by atoms with van der Waals surface area (Å²) in [5.41, 5.74) is 0.283. The first kappa shape index (κ1) is 16.7. The van der Waals surface area contributed by atoms with Crippen LogP contribution >= 0.6 is 0 Å². The molecule has 0 amide bonds. The van der Waals surface area contributed by atoms with Gasteiger partial charge in [0, 0.05) is 17.7 Å². The highest BCUT2D eigenvalue weighted by atomic mass is 16.7. The Bertz CT molecular complexity index is 525. The second kappa shape index (κ2) is 7.09. The Labute approximate surface area is 125 Å². The van der Waals surface area contributed by atoms with Gasteiger partial charge in [-0.05, 0) is 0 Å². The zero-order chi connectivity index (χ0) is 16.3. The lowest BCUT2D eigenvalue weighted by Crippen LogP contribution is -2.46. The van der Waals surface area contributed by atoms with E-state index in [9.17, 15) is 25.4 Å². The molecule has 1 fully saturated rings. The van der Waals surface area contributed by atoms with Gasteiger partial charge in [0.05, 0.1) is 18.1 Å². The molecule has 1 aromatic rings. The van der Waals surface area contributed by atoms with Gasteiger partial charge >= 0.3 is 0 Å². The number of non-ortho nitro benzene ring substituents is 1. The van der Waals surface area contributed by atoms with Crippen molar-refractivity contribution in [3.05, 3.63) is 39.9 Å². The van der Waals surface area contributed by atoms with E-state index in [0.29, 0.717) is 5.56 Å². The van der Waals surface area contributed by atoms with Gasteiger partial charge in [-0.1, -0.05) is 12.1 Å². The van der Waals surface area contributed by atoms with Crippen LogP contribution in [-0.2, 0) is 9.47 Å². The maximum Gasteiger partial charge on any atom is 0.269 e. The van der Waals surface area contributed by atoms with Gasteiger partial charge in [-0.15, -0.1) is 0 Å². The predicted octanol–water partition coefficient (Wildman–Crippen LogP) is -0.916. The van der Waals surface area contributed by atoms with Crippen molar-refractivity contribution in [2.75, 3.05) is 13.2 Å². The predicted molar refractivity (Wildman–Crippen MR) is 71.8 cm³/mol. The first-order valence-corrected chi connectivity index (χ1v) is 6.60. The summed E-state index contributed by atoms with van der Waals surface area (Å²) in [4.78, 5) is 10.2. The molecule has 2 rings (SSSR count). The van der Waals surface area contributed by atoms with Crippen molar-refractivity contribution in [2.24, 2.45) is 0 Å². The standard InChI is InChI=1S/C13H17NO8/c15-5-9(16)11(17)12(18)10-6-21-13(22-10)7-2-1-3-8(4-7)14(19)20/h1-4,9-13,15-18H,5-6H2/t9-,10+,11+,12+,13?/m1/s1. The molecule has 1 heterocycles. The molecule has 0 bridgehead atoms. The molecule has 4 N–H and O–H groups in total. The van der Waals surface area contributed by atoms with Crippen LogP contribution in [0.3, 0.4) is 0 Å². The van der Waals surface area contributed by atoms with E-state index in [1.807, 2.05) is 0 Å². The van der Waals surface area contributed by atoms with Gasteiger partial charge in [-0.3, -0.25) is 10.1 Å². The normalized spacial score (nSPS) is 25.6. The topological polar surface area (TPSA) is 143 Å². The third kappa shape index (κ3) is 3.58. The van der Waals surface area contributed by atoms with Crippen molar-refractivity contribution in [2.45, 2.75) is 30.7 Å². The molecular formula is C13H17NO8. The van der Waals surface area contributed by atoms with Crippen molar-refractivity contribution >= 4 is 5.69 Å². The van der Waals surface area contributed by atoms with Gasteiger partial charge in [-0.25, -0.2) is 0 Å². The van der Waals surface area contributed by atoms with E-state index < -0.39 is 42.2 Å². The average molecular weight is 315 g/mol. The summed E-state index contributed by atoms with van der Waals surface area (Å²) in [7, 11) is 0. The summed E-state index contributed by atoms with van der Waals surface area (Å²) in [6.07, 6.45) is -6.41. The van der Waals surface area contributed by atoms with Crippen LogP contribution in [0.2, 0.25) is 0 Å². The highest BCUT2D eigenvalue weighted by molar-refractivity contribution is 5.35. The first-order chi connectivity index (χ1) is 10.4. The fraction of sp³-hybridized carbons (Fsp3) is 0.538. The van der Waals surface area contributed by atoms with E-state index >= 15 is 0 Å². The number of nitro benzene ring substituents is 1. The van der Waals surface area contributed by atoms with Crippen LogP contribution in [0, 0.1) is 10.1 Å². The van der Waals surface area contributed by atoms with Crippen molar-refractivity contribution in [1.82, 2.24) is 0 Å². The molecule has 0 saturated carbocycles. The van der Waals surface area contributed by atoms with E-state index in [-0.39, 0.29) is 12.3 Å². The second-order valence-corrected chi connectivity index (χ2v) is 4.92. The second-order valence-electron chi connectivity index (χ2n) is 4.92. The molecule has 9 heteroatoms. The molecule has 0 spiro atoms. The third-order valence-corrected chi connectivity index (χ3v) is 3.38. The molecule has 1 aromatic carbocycles. The van der Waals surface area contributed by atoms with E-state index in [2.05, 4.69) is 0 Å². The number of nitro groups is 1. The number of benzene rings is 1. The fourth-order valence-electron chi connectivity index (χ4n) is 2.11. The highest BCUT2D eigenvalue weighted by Crippen LogP contribution is 2.30. The minimum atomic E-state index is -1.59. The minimum absolute atomic E-state index is 0.0657. The molecule has 122 valence electrons. The lowest BCUT2D eigenvalue weighted by molar-refractivity contribution is -0.385. The van der Waals surface area contributed by atoms with Gasteiger partial charge in [-0.2, -0.15) is 0 Å². The lowest BCUT2D eigenvalue weighted by Gasteiger charge is -2.25. The van der Waals surface area contributed by atoms with Crippen LogP contribution in [0.15, 0.2) is 24.3 Å². The number of nitrogens with zero attached hydrogens (tertiary/aromatic N) is 1. The first-order valence-electron chi connectivity index (χ1n) is 6.60. The van der Waals surface area contributed by atoms with Gasteiger partial charge in [0.1, 0.15) is 24.4 Å². The van der Waals surface area contributed by atoms with Crippen LogP contribution in [0.5, 0.6) is 0 Å². The molecule has 0 radical (unpaired) electrons. The quantitative estimate of drug-likeness (QED) is 0.390. The van der Waals surface area contributed by atoms with Crippen LogP contribution in [-0.4, -0.2) is 63.0 Å². The van der Waals surface area contributed by atoms with Gasteiger partial charge in [0.2, 0.25) is 0 Å². The van der Waals surface area contributed by atoms with E-state index in [0.717, 1.165) is 0 Å². The summed E-state index contributed by atoms with van der Waals surface area (Å²) in [5.74, 6) is 0. The monoisotopic (exact) mass is 315 g/mol. The Morgan fingerprint density at radius 3 is 2.73 bits per heavy atom. The Morgan fingerprint density at radius 2 is 2.09 bits per heavy atom. The summed E-state index contributed by atoms with van der Waals surface area (Å²) in [6, 6.07) is 5.67. The zero-order valence-corrected chi connectivity index (χ0v) is 11.5. The number of rotatable bonds is 6. The number of hydrogen-bond acceptors (Lipinski definition) is 8. The van der Waals surface area contributed by atoms with Gasteiger partial charge in [0.25, 0.3) is 5.69 Å². The number of ether oxygens (including phenoxy) is 2. The van der Waals surface area contributed by atoms with Crippen LogP contribution in [0.1, 0.15) is 11.9 Å². The molecule has 5 atom stereocenters. The largest absolute Gasteiger partial charge is 0.394 e. The third-order valence-electron chi connectivity index (χ3n) is 3.38. The summed E-state index contributed by atoms with van der Waals surface area (Å²) in [5, 5.41) is 48.3. The van der Waals surface area contributed by atoms with E-state index in [4.69, 9.17) is 14.6 Å². The minimum Gasteiger partial charge on any atom is -0.394 e. The van der Waals surface area contributed by atoms with Crippen LogP contribution in [0.4, 0.5) is 5.69 Å². The van der Waals surface area contributed by atoms with E-state index in [1.54, 1.807) is 6.07 Å². The fourth-order valence-corrected chi connectivity index (χ4v) is 2.11. The Kier molecular flexibility index (Phi) is 5.40. The van der Waals surface area contributed by atoms with Gasteiger partial charge in [0.15, 0.2) is 6.29 Å². The number of aliphatic hydroxyl groups excluding tert-OH is 4. The maximum absolute atomic E-state index is 10.7. The molecule has 1 aliphatic rings. The Balaban J connectivity index is 2.03. The molecular weight excluding hydrogens is 298 g/mol. The molecule has 1 saturated heterocycles. The van der Waals surface area contributed by atoms with Crippen molar-refractivity contribution in [1.29, 1.82) is 0 Å². The number of hydrogen-bond donors (Lipinski definition) is 4. The summed E-state index contributed by atoms with van der Waals surface area (Å²) in [6.45, 7) is -0.774. The number of aliphatic hydroxyl groups is 4. The van der Waals surface area contributed by atoms with Crippen molar-refractivity contribution < 1.29 is 34.8 Å². The lowest BCUT2D eigenvalue weighted by atomic mass is 10.0. The molecule has 1 aliphatic heterocycles. The molecule has 22 heavy (non-hydrogen) atoms. The Hall–Kier alpha value is -1.62. The molecule has 1 unspecified atom stereocenters. The molecule has 9 nitrogen and oxygen atoms in total. The van der Waals surface area contributed by atoms with Crippen molar-refractivity contribution in [3.63, 3.8) is 0 Å². The van der Waals surface area contributed by atoms with Gasteiger partial charge < -0.3 is 29.9 Å². The van der Waals surface area contributed by atoms with Crippen LogP contribution < -0.4 is 0 Å². The van der Waals surface area contributed by atoms with Crippen LogP contribution in [0.25, 0.3) is 0 Å². The zero-order valence-electron chi connectivity index (χ0n) is 11.5. The maximum atomic E-state index is 10.7. The summed E-state index contributed by atoms with van der Waals surface area (Å²) >= 11 is 0. The Morgan fingerprint density at radius 1 is 1.36 bits per heavy atom. The smallest absolute Gasteiger partial charge is 0.269 e. The highest BCUT2D eigenvalue weighted by Gasteiger charge is 2.38. The summed E-state index contributed by atoms with van der Waals surface area (Å²) < 4.78 is 10.7. The molecule has 0 aromatic heterocycles. The van der Waals surface area contributed by atoms with E-state index in [1.165, 1.54) is 18.2 Å². The average Bonchev–Trinajstić information content (AvgIpc) is 3.02. The SMILES string of the molecule is O=[N+]([O-])c1cccc(C2OC[C@@H]([C@H](O)[C@@H](O)[C@H](O)CO)O2)c1. The van der Waals surface area contributed by atoms with Crippen molar-refractivity contribution in [3.8, 4) is 0 Å².